The van der Waals surface area contributed by atoms with Gasteiger partial charge in [0.1, 0.15) is 0 Å². The lowest BCUT2D eigenvalue weighted by molar-refractivity contribution is 0.581. The molecule has 2 aromatic heterocycles. The summed E-state index contributed by atoms with van der Waals surface area (Å²) in [6.45, 7) is 3.26. The molecule has 3 rings (SSSR count). The number of thiophene rings is 1. The van der Waals surface area contributed by atoms with Gasteiger partial charge in [-0.25, -0.2) is 0 Å². The van der Waals surface area contributed by atoms with Crippen LogP contribution in [0.25, 0.3) is 0 Å². The molecule has 0 fully saturated rings. The maximum atomic E-state index is 4.36. The molecule has 0 aliphatic heterocycles. The summed E-state index contributed by atoms with van der Waals surface area (Å²) < 4.78 is 0. The molecular weight excluding hydrogens is 264 g/mol. The average Bonchev–Trinajstić information content (AvgIpc) is 2.92. The van der Waals surface area contributed by atoms with E-state index in [2.05, 4.69) is 35.4 Å². The van der Waals surface area contributed by atoms with Gasteiger partial charge in [-0.1, -0.05) is 6.07 Å². The number of pyridine rings is 1. The molecule has 0 spiro atoms. The third kappa shape index (κ3) is 3.28. The SMILES string of the molecule is CC(NCCc1ccccn1)c1cc2c(s1)CCCC2. The van der Waals surface area contributed by atoms with Crippen LogP contribution in [0.1, 0.15) is 46.8 Å². The normalized spacial score (nSPS) is 15.8. The smallest absolute Gasteiger partial charge is 0.0416 e. The number of nitrogens with zero attached hydrogens (tertiary/aromatic N) is 1. The molecule has 3 heteroatoms. The van der Waals surface area contributed by atoms with Gasteiger partial charge in [0.25, 0.3) is 0 Å². The Morgan fingerprint density at radius 1 is 1.30 bits per heavy atom. The molecule has 20 heavy (non-hydrogen) atoms. The van der Waals surface area contributed by atoms with Crippen LogP contribution in [0.2, 0.25) is 0 Å². The molecule has 1 N–H and O–H groups in total. The highest BCUT2D eigenvalue weighted by molar-refractivity contribution is 7.12. The lowest BCUT2D eigenvalue weighted by Gasteiger charge is -2.11. The quantitative estimate of drug-likeness (QED) is 0.901. The van der Waals surface area contributed by atoms with E-state index < -0.39 is 0 Å². The topological polar surface area (TPSA) is 24.9 Å². The third-order valence-corrected chi connectivity index (χ3v) is 5.42. The number of rotatable bonds is 5. The van der Waals surface area contributed by atoms with Crippen LogP contribution in [0.15, 0.2) is 30.5 Å². The minimum absolute atomic E-state index is 0.453. The van der Waals surface area contributed by atoms with E-state index in [-0.39, 0.29) is 0 Å². The van der Waals surface area contributed by atoms with Crippen molar-refractivity contribution in [3.05, 3.63) is 51.5 Å². The van der Waals surface area contributed by atoms with Crippen molar-refractivity contribution in [1.82, 2.24) is 10.3 Å². The van der Waals surface area contributed by atoms with Crippen molar-refractivity contribution in [2.45, 2.75) is 45.1 Å². The lowest BCUT2D eigenvalue weighted by atomic mass is 9.99. The van der Waals surface area contributed by atoms with Crippen LogP contribution in [-0.2, 0) is 19.3 Å². The van der Waals surface area contributed by atoms with Gasteiger partial charge in [0, 0.05) is 40.7 Å². The summed E-state index contributed by atoms with van der Waals surface area (Å²) in [4.78, 5) is 7.49. The Bertz CT molecular complexity index is 524. The zero-order valence-electron chi connectivity index (χ0n) is 12.1. The molecule has 0 saturated carbocycles. The van der Waals surface area contributed by atoms with Crippen molar-refractivity contribution in [1.29, 1.82) is 0 Å². The number of aryl methyl sites for hydroxylation is 2. The number of fused-ring (bicyclic) bond motifs is 1. The summed E-state index contributed by atoms with van der Waals surface area (Å²) in [6.07, 6.45) is 8.18. The Kier molecular flexibility index (Phi) is 4.48. The number of aromatic nitrogens is 1. The van der Waals surface area contributed by atoms with Crippen LogP contribution in [0.5, 0.6) is 0 Å². The zero-order valence-corrected chi connectivity index (χ0v) is 12.9. The van der Waals surface area contributed by atoms with Gasteiger partial charge in [-0.2, -0.15) is 0 Å². The van der Waals surface area contributed by atoms with E-state index in [0.29, 0.717) is 6.04 Å². The van der Waals surface area contributed by atoms with Crippen LogP contribution in [-0.4, -0.2) is 11.5 Å². The van der Waals surface area contributed by atoms with E-state index in [9.17, 15) is 0 Å². The van der Waals surface area contributed by atoms with Gasteiger partial charge in [-0.05, 0) is 56.4 Å². The molecule has 0 bridgehead atoms. The van der Waals surface area contributed by atoms with E-state index >= 15 is 0 Å². The summed E-state index contributed by atoms with van der Waals surface area (Å²) in [5.74, 6) is 0. The van der Waals surface area contributed by atoms with Gasteiger partial charge >= 0.3 is 0 Å². The molecule has 0 amide bonds. The summed E-state index contributed by atoms with van der Waals surface area (Å²) in [5.41, 5.74) is 2.77. The number of hydrogen-bond acceptors (Lipinski definition) is 3. The third-order valence-electron chi connectivity index (χ3n) is 4.00. The first-order valence-electron chi connectivity index (χ1n) is 7.57. The van der Waals surface area contributed by atoms with E-state index in [1.165, 1.54) is 30.6 Å². The van der Waals surface area contributed by atoms with Crippen molar-refractivity contribution in [3.63, 3.8) is 0 Å². The number of nitrogens with one attached hydrogen (secondary N) is 1. The molecule has 0 aromatic carbocycles. The molecular formula is C17H22N2S. The Labute approximate surface area is 125 Å². The van der Waals surface area contributed by atoms with Gasteiger partial charge in [0.05, 0.1) is 0 Å². The standard InChI is InChI=1S/C17H22N2S/c1-13(18-11-9-15-7-4-5-10-19-15)17-12-14-6-2-3-8-16(14)20-17/h4-5,7,10,12-13,18H,2-3,6,8-9,11H2,1H3. The molecule has 2 nitrogen and oxygen atoms in total. The Morgan fingerprint density at radius 2 is 2.20 bits per heavy atom. The minimum atomic E-state index is 0.453. The summed E-state index contributed by atoms with van der Waals surface area (Å²) >= 11 is 2.01. The van der Waals surface area contributed by atoms with Gasteiger partial charge in [-0.15, -0.1) is 11.3 Å². The second kappa shape index (κ2) is 6.51. The molecule has 1 unspecified atom stereocenters. The minimum Gasteiger partial charge on any atom is -0.309 e. The molecule has 1 aliphatic rings. The lowest BCUT2D eigenvalue weighted by Crippen LogP contribution is -2.20. The van der Waals surface area contributed by atoms with E-state index in [1.54, 1.807) is 10.4 Å². The van der Waals surface area contributed by atoms with Gasteiger partial charge in [-0.3, -0.25) is 4.98 Å². The van der Waals surface area contributed by atoms with E-state index in [4.69, 9.17) is 0 Å². The van der Waals surface area contributed by atoms with Crippen molar-refractivity contribution in [3.8, 4) is 0 Å². The second-order valence-corrected chi connectivity index (χ2v) is 6.72. The number of hydrogen-bond donors (Lipinski definition) is 1. The Morgan fingerprint density at radius 3 is 3.00 bits per heavy atom. The highest BCUT2D eigenvalue weighted by Crippen LogP contribution is 2.32. The summed E-state index contributed by atoms with van der Waals surface area (Å²) in [5, 5.41) is 3.63. The van der Waals surface area contributed by atoms with Crippen molar-refractivity contribution >= 4 is 11.3 Å². The van der Waals surface area contributed by atoms with Crippen LogP contribution in [0, 0.1) is 0 Å². The van der Waals surface area contributed by atoms with Gasteiger partial charge in [0.15, 0.2) is 0 Å². The fourth-order valence-corrected chi connectivity index (χ4v) is 4.07. The summed E-state index contributed by atoms with van der Waals surface area (Å²) in [6, 6.07) is 9.00. The average molecular weight is 286 g/mol. The molecule has 106 valence electrons. The fraction of sp³-hybridized carbons (Fsp3) is 0.471. The molecule has 0 radical (unpaired) electrons. The first-order valence-corrected chi connectivity index (χ1v) is 8.39. The second-order valence-electron chi connectivity index (χ2n) is 5.55. The molecule has 0 saturated heterocycles. The van der Waals surface area contributed by atoms with Crippen LogP contribution < -0.4 is 5.32 Å². The highest BCUT2D eigenvalue weighted by atomic mass is 32.1. The summed E-state index contributed by atoms with van der Waals surface area (Å²) in [7, 11) is 0. The fourth-order valence-electron chi connectivity index (χ4n) is 2.79. The zero-order chi connectivity index (χ0) is 13.8. The Balaban J connectivity index is 1.54. The van der Waals surface area contributed by atoms with Crippen molar-refractivity contribution in [2.75, 3.05) is 6.54 Å². The largest absolute Gasteiger partial charge is 0.309 e. The van der Waals surface area contributed by atoms with E-state index in [0.717, 1.165) is 18.7 Å². The van der Waals surface area contributed by atoms with Crippen LogP contribution in [0.4, 0.5) is 0 Å². The molecule has 1 atom stereocenters. The van der Waals surface area contributed by atoms with Crippen LogP contribution >= 0.6 is 11.3 Å². The first-order chi connectivity index (χ1) is 9.83. The maximum Gasteiger partial charge on any atom is 0.0416 e. The predicted octanol–water partition coefficient (Wildman–Crippen LogP) is 3.92. The molecule has 2 aromatic rings. The monoisotopic (exact) mass is 286 g/mol. The Hall–Kier alpha value is -1.19. The van der Waals surface area contributed by atoms with Crippen LogP contribution in [0.3, 0.4) is 0 Å². The van der Waals surface area contributed by atoms with Crippen molar-refractivity contribution in [2.24, 2.45) is 0 Å². The van der Waals surface area contributed by atoms with Gasteiger partial charge in [0.2, 0.25) is 0 Å². The molecule has 2 heterocycles. The first kappa shape index (κ1) is 13.8. The van der Waals surface area contributed by atoms with Gasteiger partial charge < -0.3 is 5.32 Å². The predicted molar refractivity (Wildman–Crippen MR) is 85.3 cm³/mol. The maximum absolute atomic E-state index is 4.36. The highest BCUT2D eigenvalue weighted by Gasteiger charge is 2.16. The molecule has 1 aliphatic carbocycles. The van der Waals surface area contributed by atoms with E-state index in [1.807, 2.05) is 23.6 Å². The van der Waals surface area contributed by atoms with Crippen molar-refractivity contribution < 1.29 is 0 Å².